The minimum Gasteiger partial charge on any atom is -0.399 e. The number of nitrogen functional groups attached to an aromatic ring is 1. The predicted molar refractivity (Wildman–Crippen MR) is 83.5 cm³/mol. The molecule has 7 heteroatoms. The van der Waals surface area contributed by atoms with Crippen LogP contribution in [0.5, 0.6) is 0 Å². The van der Waals surface area contributed by atoms with Crippen molar-refractivity contribution in [3.8, 4) is 0 Å². The van der Waals surface area contributed by atoms with Crippen LogP contribution in [0.25, 0.3) is 0 Å². The second-order valence-corrected chi connectivity index (χ2v) is 4.50. The molecule has 0 aliphatic heterocycles. The molecule has 0 saturated carbocycles. The van der Waals surface area contributed by atoms with E-state index in [9.17, 15) is 10.1 Å². The van der Waals surface area contributed by atoms with E-state index in [4.69, 9.17) is 10.5 Å². The summed E-state index contributed by atoms with van der Waals surface area (Å²) in [6.45, 7) is 2.90. The molecule has 114 valence electrons. The monoisotopic (exact) mass is 300 g/mol. The van der Waals surface area contributed by atoms with Gasteiger partial charge in [-0.25, -0.2) is 0 Å². The second kappa shape index (κ2) is 7.28. The quantitative estimate of drug-likeness (QED) is 0.375. The maximum Gasteiger partial charge on any atom is 0.269 e. The van der Waals surface area contributed by atoms with Crippen molar-refractivity contribution < 1.29 is 9.66 Å². The topological polar surface area (TPSA) is 103 Å². The van der Waals surface area contributed by atoms with Crippen molar-refractivity contribution in [1.29, 1.82) is 0 Å². The van der Waals surface area contributed by atoms with Gasteiger partial charge in [0.2, 0.25) is 0 Å². The Morgan fingerprint density at radius 2 is 1.91 bits per heavy atom. The molecule has 2 rings (SSSR count). The van der Waals surface area contributed by atoms with Gasteiger partial charge in [-0.3, -0.25) is 10.1 Å². The lowest BCUT2D eigenvalue weighted by molar-refractivity contribution is -0.384. The fraction of sp³-hybridized carbons (Fsp3) is 0.200. The van der Waals surface area contributed by atoms with Crippen molar-refractivity contribution in [2.45, 2.75) is 13.5 Å². The maximum atomic E-state index is 10.6. The van der Waals surface area contributed by atoms with Gasteiger partial charge in [0.15, 0.2) is 0 Å². The van der Waals surface area contributed by atoms with Gasteiger partial charge in [-0.1, -0.05) is 0 Å². The molecule has 2 aromatic rings. The Bertz CT molecular complexity index is 684. The second-order valence-electron chi connectivity index (χ2n) is 4.50. The first-order valence-corrected chi connectivity index (χ1v) is 6.72. The summed E-state index contributed by atoms with van der Waals surface area (Å²) in [4.78, 5) is 10.1. The molecule has 0 aromatic heterocycles. The van der Waals surface area contributed by atoms with Crippen LogP contribution in [0.15, 0.2) is 52.7 Å². The van der Waals surface area contributed by atoms with Crippen LogP contribution < -0.4 is 5.73 Å². The molecule has 2 N–H and O–H groups in total. The van der Waals surface area contributed by atoms with E-state index in [1.54, 1.807) is 30.3 Å². The summed E-state index contributed by atoms with van der Waals surface area (Å²) in [5.41, 5.74) is 8.43. The normalized spacial score (nSPS) is 11.0. The molecular formula is C15H16N4O3. The van der Waals surface area contributed by atoms with Crippen LogP contribution in [0.2, 0.25) is 0 Å². The number of anilines is 1. The van der Waals surface area contributed by atoms with Gasteiger partial charge in [-0.05, 0) is 37.3 Å². The zero-order chi connectivity index (χ0) is 15.9. The van der Waals surface area contributed by atoms with Gasteiger partial charge >= 0.3 is 0 Å². The number of ether oxygens (including phenoxy) is 1. The molecule has 0 aliphatic carbocycles. The first-order chi connectivity index (χ1) is 10.6. The van der Waals surface area contributed by atoms with Crippen molar-refractivity contribution in [3.05, 3.63) is 58.1 Å². The van der Waals surface area contributed by atoms with Gasteiger partial charge in [0.1, 0.15) is 0 Å². The molecule has 7 nitrogen and oxygen atoms in total. The summed E-state index contributed by atoms with van der Waals surface area (Å²) in [7, 11) is 0. The highest BCUT2D eigenvalue weighted by Crippen LogP contribution is 2.26. The van der Waals surface area contributed by atoms with Gasteiger partial charge in [-0.2, -0.15) is 10.2 Å². The first-order valence-electron chi connectivity index (χ1n) is 6.72. The lowest BCUT2D eigenvalue weighted by atomic mass is 10.2. The molecule has 0 amide bonds. The zero-order valence-corrected chi connectivity index (χ0v) is 12.1. The molecular weight excluding hydrogens is 284 g/mol. The largest absolute Gasteiger partial charge is 0.399 e. The number of rotatable bonds is 6. The van der Waals surface area contributed by atoms with E-state index >= 15 is 0 Å². The molecule has 0 aliphatic rings. The summed E-state index contributed by atoms with van der Waals surface area (Å²) in [5.74, 6) is 0. The van der Waals surface area contributed by atoms with Gasteiger partial charge in [-0.15, -0.1) is 0 Å². The molecule has 22 heavy (non-hydrogen) atoms. The van der Waals surface area contributed by atoms with E-state index in [-0.39, 0.29) is 5.69 Å². The number of hydrogen-bond acceptors (Lipinski definition) is 6. The summed E-state index contributed by atoms with van der Waals surface area (Å²) >= 11 is 0. The van der Waals surface area contributed by atoms with E-state index in [1.165, 1.54) is 12.1 Å². The number of nitrogens with two attached hydrogens (primary N) is 1. The van der Waals surface area contributed by atoms with Crippen LogP contribution in [0.1, 0.15) is 12.5 Å². The smallest absolute Gasteiger partial charge is 0.269 e. The summed E-state index contributed by atoms with van der Waals surface area (Å²) < 4.78 is 5.38. The third kappa shape index (κ3) is 4.10. The van der Waals surface area contributed by atoms with Crippen LogP contribution in [0.4, 0.5) is 22.7 Å². The number of benzene rings is 2. The third-order valence-corrected chi connectivity index (χ3v) is 2.90. The summed E-state index contributed by atoms with van der Waals surface area (Å²) in [5, 5.41) is 18.8. The SMILES string of the molecule is CCOCc1cc(N)ccc1N=Nc1ccc([N+](=O)[O-])cc1. The van der Waals surface area contributed by atoms with Gasteiger partial charge in [0.05, 0.1) is 22.9 Å². The van der Waals surface area contributed by atoms with Gasteiger partial charge < -0.3 is 10.5 Å². The van der Waals surface area contributed by atoms with E-state index < -0.39 is 4.92 Å². The average Bonchev–Trinajstić information content (AvgIpc) is 2.52. The number of nitro benzene ring substituents is 1. The van der Waals surface area contributed by atoms with Gasteiger partial charge in [0, 0.05) is 30.0 Å². The lowest BCUT2D eigenvalue weighted by Gasteiger charge is -2.06. The number of azo groups is 1. The molecule has 0 heterocycles. The average molecular weight is 300 g/mol. The van der Waals surface area contributed by atoms with Crippen LogP contribution in [0, 0.1) is 10.1 Å². The molecule has 0 saturated heterocycles. The van der Waals surface area contributed by atoms with Crippen molar-refractivity contribution in [3.63, 3.8) is 0 Å². The van der Waals surface area contributed by atoms with Crippen molar-refractivity contribution in [2.75, 3.05) is 12.3 Å². The van der Waals surface area contributed by atoms with E-state index in [1.807, 2.05) is 6.92 Å². The number of non-ortho nitro benzene ring substituents is 1. The maximum absolute atomic E-state index is 10.6. The molecule has 0 radical (unpaired) electrons. The highest BCUT2D eigenvalue weighted by molar-refractivity contribution is 5.54. The van der Waals surface area contributed by atoms with E-state index in [0.717, 1.165) is 5.56 Å². The molecule has 0 unspecified atom stereocenters. The highest BCUT2D eigenvalue weighted by Gasteiger charge is 2.05. The number of nitro groups is 1. The van der Waals surface area contributed by atoms with Crippen LogP contribution in [-0.2, 0) is 11.3 Å². The fourth-order valence-corrected chi connectivity index (χ4v) is 1.78. The molecule has 0 fully saturated rings. The Labute approximate surface area is 127 Å². The minimum atomic E-state index is -0.457. The third-order valence-electron chi connectivity index (χ3n) is 2.90. The van der Waals surface area contributed by atoms with Crippen molar-refractivity contribution >= 4 is 22.7 Å². The fourth-order valence-electron chi connectivity index (χ4n) is 1.78. The number of hydrogen-bond donors (Lipinski definition) is 1. The Morgan fingerprint density at radius 3 is 2.55 bits per heavy atom. The standard InChI is InChI=1S/C15H16N4O3/c1-2-22-10-11-9-12(16)3-8-15(11)18-17-13-4-6-14(7-5-13)19(20)21/h3-9H,2,10,16H2,1H3. The van der Waals surface area contributed by atoms with E-state index in [0.29, 0.717) is 30.3 Å². The molecule has 0 spiro atoms. The highest BCUT2D eigenvalue weighted by atomic mass is 16.6. The Morgan fingerprint density at radius 1 is 1.18 bits per heavy atom. The van der Waals surface area contributed by atoms with Crippen LogP contribution in [0.3, 0.4) is 0 Å². The Hall–Kier alpha value is -2.80. The summed E-state index contributed by atoms with van der Waals surface area (Å²) in [6, 6.07) is 11.2. The lowest BCUT2D eigenvalue weighted by Crippen LogP contribution is -1.94. The van der Waals surface area contributed by atoms with E-state index in [2.05, 4.69) is 10.2 Å². The first kappa shape index (κ1) is 15.6. The molecule has 2 aromatic carbocycles. The Kier molecular flexibility index (Phi) is 5.16. The van der Waals surface area contributed by atoms with Crippen molar-refractivity contribution in [2.24, 2.45) is 10.2 Å². The van der Waals surface area contributed by atoms with Crippen LogP contribution in [-0.4, -0.2) is 11.5 Å². The Balaban J connectivity index is 2.20. The zero-order valence-electron chi connectivity index (χ0n) is 12.1. The summed E-state index contributed by atoms with van der Waals surface area (Å²) in [6.07, 6.45) is 0. The van der Waals surface area contributed by atoms with Gasteiger partial charge in [0.25, 0.3) is 5.69 Å². The minimum absolute atomic E-state index is 0.0171. The van der Waals surface area contributed by atoms with Crippen LogP contribution >= 0.6 is 0 Å². The number of nitrogens with zero attached hydrogens (tertiary/aromatic N) is 3. The van der Waals surface area contributed by atoms with Crippen molar-refractivity contribution in [1.82, 2.24) is 0 Å². The predicted octanol–water partition coefficient (Wildman–Crippen LogP) is 4.13. The molecule has 0 atom stereocenters. The molecule has 0 bridgehead atoms.